The lowest BCUT2D eigenvalue weighted by atomic mass is 9.98. The summed E-state index contributed by atoms with van der Waals surface area (Å²) in [6, 6.07) is 17.5. The van der Waals surface area contributed by atoms with Gasteiger partial charge in [0.05, 0.1) is 19.3 Å². The smallest absolute Gasteiger partial charge is 0.253 e. The molecular formula is C29H35N3O4. The number of hydrogen-bond acceptors (Lipinski definition) is 5. The quantitative estimate of drug-likeness (QED) is 0.699. The summed E-state index contributed by atoms with van der Waals surface area (Å²) in [7, 11) is 1.60. The molecule has 1 N–H and O–H groups in total. The van der Waals surface area contributed by atoms with Crippen molar-refractivity contribution >= 4 is 17.4 Å². The molecule has 190 valence electrons. The number of piperidine rings is 1. The summed E-state index contributed by atoms with van der Waals surface area (Å²) in [5.41, 5.74) is 3.14. The van der Waals surface area contributed by atoms with Crippen LogP contribution in [0.1, 0.15) is 41.6 Å². The first-order chi connectivity index (χ1) is 17.5. The van der Waals surface area contributed by atoms with Gasteiger partial charge in [-0.15, -0.1) is 0 Å². The molecule has 2 atom stereocenters. The van der Waals surface area contributed by atoms with Crippen LogP contribution in [0.4, 0.5) is 0 Å². The van der Waals surface area contributed by atoms with Gasteiger partial charge in [-0.05, 0) is 55.0 Å². The fourth-order valence-electron chi connectivity index (χ4n) is 5.82. The molecule has 2 fully saturated rings. The summed E-state index contributed by atoms with van der Waals surface area (Å²) >= 11 is 0. The van der Waals surface area contributed by atoms with Crippen LogP contribution in [-0.2, 0) is 4.79 Å². The molecule has 0 spiro atoms. The number of carbonyl (C=O) groups excluding carboxylic acids is 2. The average Bonchev–Trinajstić information content (AvgIpc) is 3.34. The summed E-state index contributed by atoms with van der Waals surface area (Å²) in [6.45, 7) is 3.11. The van der Waals surface area contributed by atoms with Gasteiger partial charge in [-0.3, -0.25) is 14.5 Å². The lowest BCUT2D eigenvalue weighted by Gasteiger charge is -2.40. The third-order valence-corrected chi connectivity index (χ3v) is 7.81. The number of carbonyl (C=O) groups is 2. The molecule has 3 aliphatic heterocycles. The van der Waals surface area contributed by atoms with E-state index in [0.29, 0.717) is 50.5 Å². The molecule has 0 aliphatic carbocycles. The molecule has 2 saturated heterocycles. The first-order valence-corrected chi connectivity index (χ1v) is 12.9. The number of hydrogen-bond donors (Lipinski definition) is 1. The number of aliphatic hydroxyl groups excluding tert-OH is 1. The van der Waals surface area contributed by atoms with E-state index >= 15 is 0 Å². The van der Waals surface area contributed by atoms with Gasteiger partial charge in [0.25, 0.3) is 5.91 Å². The van der Waals surface area contributed by atoms with Gasteiger partial charge in [-0.2, -0.15) is 0 Å². The molecule has 0 bridgehead atoms. The van der Waals surface area contributed by atoms with E-state index in [4.69, 9.17) is 4.74 Å². The van der Waals surface area contributed by atoms with Crippen molar-refractivity contribution in [2.45, 2.75) is 43.9 Å². The van der Waals surface area contributed by atoms with Crippen LogP contribution in [0.5, 0.6) is 5.75 Å². The highest BCUT2D eigenvalue weighted by Gasteiger charge is 2.42. The Morgan fingerprint density at radius 2 is 1.75 bits per heavy atom. The highest BCUT2D eigenvalue weighted by atomic mass is 16.5. The van der Waals surface area contributed by atoms with Crippen LogP contribution in [-0.4, -0.2) is 89.6 Å². The van der Waals surface area contributed by atoms with Crippen LogP contribution in [0.25, 0.3) is 5.57 Å². The monoisotopic (exact) mass is 489 g/mol. The fraction of sp³-hybridized carbons (Fsp3) is 0.448. The van der Waals surface area contributed by atoms with Crippen LogP contribution < -0.4 is 4.74 Å². The minimum Gasteiger partial charge on any atom is -0.497 e. The normalized spacial score (nSPS) is 23.4. The molecule has 0 radical (unpaired) electrons. The molecule has 2 amide bonds. The molecule has 3 aliphatic rings. The van der Waals surface area contributed by atoms with E-state index in [9.17, 15) is 14.7 Å². The summed E-state index contributed by atoms with van der Waals surface area (Å²) in [5.74, 6) is 0.798. The maximum Gasteiger partial charge on any atom is 0.253 e. The van der Waals surface area contributed by atoms with Crippen molar-refractivity contribution < 1.29 is 19.4 Å². The zero-order valence-electron chi connectivity index (χ0n) is 20.9. The molecule has 3 heterocycles. The minimum atomic E-state index is -0.490. The van der Waals surface area contributed by atoms with Crippen LogP contribution >= 0.6 is 0 Å². The molecule has 2 aromatic carbocycles. The number of methoxy groups -OCH3 is 1. The zero-order valence-corrected chi connectivity index (χ0v) is 20.9. The molecule has 36 heavy (non-hydrogen) atoms. The second kappa shape index (κ2) is 10.8. The van der Waals surface area contributed by atoms with E-state index in [1.54, 1.807) is 13.2 Å². The molecule has 7 nitrogen and oxygen atoms in total. The van der Waals surface area contributed by atoms with Gasteiger partial charge in [-0.25, -0.2) is 0 Å². The predicted octanol–water partition coefficient (Wildman–Crippen LogP) is 3.05. The Morgan fingerprint density at radius 1 is 0.972 bits per heavy atom. The Labute approximate surface area is 212 Å². The van der Waals surface area contributed by atoms with Crippen molar-refractivity contribution in [3.63, 3.8) is 0 Å². The largest absolute Gasteiger partial charge is 0.497 e. The van der Waals surface area contributed by atoms with Crippen LogP contribution in [0.15, 0.2) is 60.7 Å². The van der Waals surface area contributed by atoms with Gasteiger partial charge in [0.2, 0.25) is 5.91 Å². The summed E-state index contributed by atoms with van der Waals surface area (Å²) in [5, 5.41) is 10.5. The van der Waals surface area contributed by atoms with Crippen LogP contribution in [0, 0.1) is 0 Å². The van der Waals surface area contributed by atoms with Crippen molar-refractivity contribution in [3.05, 3.63) is 71.8 Å². The number of likely N-dealkylation sites (tertiary alicyclic amines) is 2. The predicted molar refractivity (Wildman–Crippen MR) is 139 cm³/mol. The number of nitrogens with zero attached hydrogens (tertiary/aromatic N) is 3. The second-order valence-electron chi connectivity index (χ2n) is 9.99. The first kappa shape index (κ1) is 24.5. The number of amides is 2. The number of β-amino-alcohol motifs (C(OH)–C–C–N with tert-alkyl or cyclic N) is 1. The molecular weight excluding hydrogens is 454 g/mol. The third-order valence-electron chi connectivity index (χ3n) is 7.81. The molecule has 0 unspecified atom stereocenters. The maximum atomic E-state index is 13.5. The molecule has 0 saturated carbocycles. The van der Waals surface area contributed by atoms with Crippen molar-refractivity contribution in [1.29, 1.82) is 0 Å². The third kappa shape index (κ3) is 5.18. The van der Waals surface area contributed by atoms with Gasteiger partial charge in [0, 0.05) is 44.3 Å². The van der Waals surface area contributed by atoms with E-state index in [1.807, 2.05) is 46.2 Å². The summed E-state index contributed by atoms with van der Waals surface area (Å²) < 4.78 is 5.26. The molecule has 0 aromatic heterocycles. The van der Waals surface area contributed by atoms with Gasteiger partial charge >= 0.3 is 0 Å². The Kier molecular flexibility index (Phi) is 7.39. The lowest BCUT2D eigenvalue weighted by molar-refractivity contribution is -0.136. The van der Waals surface area contributed by atoms with Crippen molar-refractivity contribution in [2.24, 2.45) is 0 Å². The number of ether oxygens (including phenoxy) is 1. The van der Waals surface area contributed by atoms with Crippen LogP contribution in [0.2, 0.25) is 0 Å². The lowest BCUT2D eigenvalue weighted by Crippen LogP contribution is -2.53. The van der Waals surface area contributed by atoms with Gasteiger partial charge in [-0.1, -0.05) is 42.5 Å². The van der Waals surface area contributed by atoms with Gasteiger partial charge in [0.15, 0.2) is 0 Å². The van der Waals surface area contributed by atoms with Gasteiger partial charge < -0.3 is 19.6 Å². The number of aliphatic hydroxyl groups is 1. The van der Waals surface area contributed by atoms with Gasteiger partial charge in [0.1, 0.15) is 5.75 Å². The number of benzene rings is 2. The molecule has 5 rings (SSSR count). The van der Waals surface area contributed by atoms with Crippen molar-refractivity contribution in [1.82, 2.24) is 14.7 Å². The standard InChI is InChI=1S/C29H35N3O4/c1-36-26-9-5-8-23(18-26)28(34)30-16-12-24(13-17-30)32-20-25(33)19-27(32)29(35)31-14-10-22(11-15-31)21-6-3-2-4-7-21/h2-10,18,24-25,27,33H,11-17,19-20H2,1H3/t25-,27+/m1/s1. The van der Waals surface area contributed by atoms with E-state index in [2.05, 4.69) is 23.1 Å². The molecule has 7 heteroatoms. The second-order valence-corrected chi connectivity index (χ2v) is 9.99. The van der Waals surface area contributed by atoms with E-state index in [1.165, 1.54) is 11.1 Å². The SMILES string of the molecule is COc1cccc(C(=O)N2CCC(N3C[C@H](O)C[C@H]3C(=O)N3CC=C(c4ccccc4)CC3)CC2)c1. The average molecular weight is 490 g/mol. The van der Waals surface area contributed by atoms with Crippen molar-refractivity contribution in [3.8, 4) is 5.75 Å². The Hall–Kier alpha value is -3.16. The van der Waals surface area contributed by atoms with Crippen LogP contribution in [0.3, 0.4) is 0 Å². The zero-order chi connectivity index (χ0) is 25.1. The van der Waals surface area contributed by atoms with Crippen molar-refractivity contribution in [2.75, 3.05) is 39.8 Å². The molecule has 2 aromatic rings. The van der Waals surface area contributed by atoms with E-state index in [-0.39, 0.29) is 23.9 Å². The Bertz CT molecular complexity index is 1110. The number of rotatable bonds is 5. The summed E-state index contributed by atoms with van der Waals surface area (Å²) in [6.07, 6.45) is 4.59. The first-order valence-electron chi connectivity index (χ1n) is 12.9. The van der Waals surface area contributed by atoms with E-state index < -0.39 is 6.10 Å². The highest BCUT2D eigenvalue weighted by Crippen LogP contribution is 2.30. The maximum absolute atomic E-state index is 13.5. The summed E-state index contributed by atoms with van der Waals surface area (Å²) in [4.78, 5) is 32.6. The fourth-order valence-corrected chi connectivity index (χ4v) is 5.82. The van der Waals surface area contributed by atoms with E-state index in [0.717, 1.165) is 19.3 Å². The topological polar surface area (TPSA) is 73.3 Å². The highest BCUT2D eigenvalue weighted by molar-refractivity contribution is 5.94. The minimum absolute atomic E-state index is 0.00996. The Morgan fingerprint density at radius 3 is 2.44 bits per heavy atom. The Balaban J connectivity index is 1.20.